The third-order valence-electron chi connectivity index (χ3n) is 2.39. The quantitative estimate of drug-likeness (QED) is 0.685. The molecule has 0 bridgehead atoms. The predicted octanol–water partition coefficient (Wildman–Crippen LogP) is 0.438. The molecular formula is C9H18Cl2N2O2. The lowest BCUT2D eigenvalue weighted by Gasteiger charge is -2.34. The van der Waals surface area contributed by atoms with E-state index in [1.807, 2.05) is 4.90 Å². The second-order valence-electron chi connectivity index (χ2n) is 3.34. The number of carbonyl (C=O) groups excluding carboxylic acids is 1. The fourth-order valence-corrected chi connectivity index (χ4v) is 1.79. The van der Waals surface area contributed by atoms with Crippen LogP contribution in [0.4, 0.5) is 0 Å². The third-order valence-corrected chi connectivity index (χ3v) is 2.56. The smallest absolute Gasteiger partial charge is 0.248 e. The van der Waals surface area contributed by atoms with E-state index in [0.29, 0.717) is 5.88 Å². The maximum Gasteiger partial charge on any atom is 0.248 e. The van der Waals surface area contributed by atoms with Crippen molar-refractivity contribution < 1.29 is 9.53 Å². The monoisotopic (exact) mass is 256 g/mol. The highest BCUT2D eigenvalue weighted by Crippen LogP contribution is 2.02. The summed E-state index contributed by atoms with van der Waals surface area (Å²) in [4.78, 5) is 15.5. The molecular weight excluding hydrogens is 239 g/mol. The highest BCUT2D eigenvalue weighted by atomic mass is 35.5. The molecule has 15 heavy (non-hydrogen) atoms. The van der Waals surface area contributed by atoms with Gasteiger partial charge in [-0.2, -0.15) is 0 Å². The van der Waals surface area contributed by atoms with E-state index in [9.17, 15) is 4.79 Å². The molecule has 1 rings (SSSR count). The van der Waals surface area contributed by atoms with Crippen LogP contribution in [0.2, 0.25) is 0 Å². The van der Waals surface area contributed by atoms with Crippen LogP contribution in [0.15, 0.2) is 0 Å². The predicted molar refractivity (Wildman–Crippen MR) is 62.9 cm³/mol. The largest absolute Gasteiger partial charge is 0.375 e. The van der Waals surface area contributed by atoms with Crippen molar-refractivity contribution in [2.75, 3.05) is 52.3 Å². The molecule has 1 aliphatic heterocycles. The van der Waals surface area contributed by atoms with Gasteiger partial charge < -0.3 is 9.64 Å². The first-order valence-electron chi connectivity index (χ1n) is 4.83. The summed E-state index contributed by atoms with van der Waals surface area (Å²) >= 11 is 5.64. The number of ether oxygens (including phenoxy) is 1. The third kappa shape index (κ3) is 5.02. The Morgan fingerprint density at radius 1 is 1.33 bits per heavy atom. The van der Waals surface area contributed by atoms with Crippen molar-refractivity contribution in [2.24, 2.45) is 0 Å². The zero-order valence-electron chi connectivity index (χ0n) is 8.95. The highest BCUT2D eigenvalue weighted by Gasteiger charge is 2.19. The van der Waals surface area contributed by atoms with Crippen LogP contribution >= 0.6 is 24.0 Å². The topological polar surface area (TPSA) is 32.8 Å². The van der Waals surface area contributed by atoms with E-state index in [1.165, 1.54) is 0 Å². The van der Waals surface area contributed by atoms with Crippen LogP contribution in [-0.2, 0) is 9.53 Å². The fraction of sp³-hybridized carbons (Fsp3) is 0.889. The Bertz CT molecular complexity index is 185. The average Bonchev–Trinajstić information content (AvgIpc) is 2.20. The number of amides is 1. The fourth-order valence-electron chi connectivity index (χ4n) is 1.56. The Kier molecular flexibility index (Phi) is 8.14. The second-order valence-corrected chi connectivity index (χ2v) is 3.72. The molecule has 1 heterocycles. The summed E-state index contributed by atoms with van der Waals surface area (Å²) < 4.78 is 4.81. The molecule has 1 fully saturated rings. The van der Waals surface area contributed by atoms with E-state index in [-0.39, 0.29) is 24.9 Å². The van der Waals surface area contributed by atoms with Crippen molar-refractivity contribution in [1.82, 2.24) is 9.80 Å². The van der Waals surface area contributed by atoms with Crippen LogP contribution < -0.4 is 0 Å². The second kappa shape index (κ2) is 8.16. The van der Waals surface area contributed by atoms with Crippen molar-refractivity contribution in [2.45, 2.75) is 0 Å². The van der Waals surface area contributed by atoms with E-state index < -0.39 is 0 Å². The van der Waals surface area contributed by atoms with Gasteiger partial charge in [-0.1, -0.05) is 0 Å². The van der Waals surface area contributed by atoms with E-state index in [1.54, 1.807) is 7.11 Å². The molecule has 0 saturated carbocycles. The van der Waals surface area contributed by atoms with E-state index >= 15 is 0 Å². The minimum atomic E-state index is 0. The van der Waals surface area contributed by atoms with Gasteiger partial charge in [0.2, 0.25) is 5.91 Å². The molecule has 90 valence electrons. The van der Waals surface area contributed by atoms with Crippen LogP contribution in [0.25, 0.3) is 0 Å². The molecule has 0 atom stereocenters. The Morgan fingerprint density at radius 3 is 2.40 bits per heavy atom. The Morgan fingerprint density at radius 2 is 1.93 bits per heavy atom. The standard InChI is InChI=1S/C9H17ClN2O2.ClH/c1-14-8-9(13)12-6-4-11(3-2-10)5-7-12;/h2-8H2,1H3;1H. The molecule has 0 aromatic heterocycles. The Hall–Kier alpha value is -0.0300. The van der Waals surface area contributed by atoms with Gasteiger partial charge in [0.1, 0.15) is 6.61 Å². The lowest BCUT2D eigenvalue weighted by Crippen LogP contribution is -2.49. The summed E-state index contributed by atoms with van der Waals surface area (Å²) in [5.74, 6) is 0.740. The minimum Gasteiger partial charge on any atom is -0.375 e. The van der Waals surface area contributed by atoms with Crippen molar-refractivity contribution in [3.63, 3.8) is 0 Å². The number of nitrogens with zero attached hydrogens (tertiary/aromatic N) is 2. The van der Waals surface area contributed by atoms with Crippen molar-refractivity contribution in [1.29, 1.82) is 0 Å². The molecule has 0 radical (unpaired) electrons. The Balaban J connectivity index is 0.00000196. The molecule has 0 aromatic carbocycles. The van der Waals surface area contributed by atoms with Crippen LogP contribution in [0.5, 0.6) is 0 Å². The molecule has 0 aromatic rings. The van der Waals surface area contributed by atoms with Crippen LogP contribution in [0, 0.1) is 0 Å². The normalized spacial score (nSPS) is 17.3. The van der Waals surface area contributed by atoms with Gasteiger partial charge in [-0.3, -0.25) is 9.69 Å². The van der Waals surface area contributed by atoms with E-state index in [0.717, 1.165) is 32.7 Å². The molecule has 6 heteroatoms. The van der Waals surface area contributed by atoms with Gasteiger partial charge in [-0.25, -0.2) is 0 Å². The van der Waals surface area contributed by atoms with Crippen molar-refractivity contribution in [3.8, 4) is 0 Å². The molecule has 0 spiro atoms. The minimum absolute atomic E-state index is 0. The van der Waals surface area contributed by atoms with Crippen LogP contribution in [0.1, 0.15) is 0 Å². The molecule has 0 unspecified atom stereocenters. The highest BCUT2D eigenvalue weighted by molar-refractivity contribution is 6.18. The van der Waals surface area contributed by atoms with Gasteiger partial charge in [0.05, 0.1) is 0 Å². The first-order chi connectivity index (χ1) is 6.77. The summed E-state index contributed by atoms with van der Waals surface area (Å²) in [6, 6.07) is 0. The summed E-state index contributed by atoms with van der Waals surface area (Å²) in [5, 5.41) is 0. The average molecular weight is 257 g/mol. The summed E-state index contributed by atoms with van der Waals surface area (Å²) in [7, 11) is 1.54. The maximum absolute atomic E-state index is 11.4. The number of methoxy groups -OCH3 is 1. The number of hydrogen-bond acceptors (Lipinski definition) is 3. The van der Waals surface area contributed by atoms with Gasteiger partial charge in [-0.05, 0) is 0 Å². The molecule has 1 amide bonds. The number of rotatable bonds is 4. The molecule has 0 aliphatic carbocycles. The number of piperazine rings is 1. The molecule has 1 aliphatic rings. The van der Waals surface area contributed by atoms with Gasteiger partial charge in [0, 0.05) is 45.7 Å². The molecule has 4 nitrogen and oxygen atoms in total. The lowest BCUT2D eigenvalue weighted by molar-refractivity contribution is -0.136. The van der Waals surface area contributed by atoms with Gasteiger partial charge >= 0.3 is 0 Å². The number of carbonyl (C=O) groups is 1. The van der Waals surface area contributed by atoms with Crippen molar-refractivity contribution in [3.05, 3.63) is 0 Å². The maximum atomic E-state index is 11.4. The van der Waals surface area contributed by atoms with Crippen molar-refractivity contribution >= 4 is 29.9 Å². The summed E-state index contributed by atoms with van der Waals surface area (Å²) in [5.41, 5.74) is 0. The summed E-state index contributed by atoms with van der Waals surface area (Å²) in [6.45, 7) is 4.52. The molecule has 0 N–H and O–H groups in total. The summed E-state index contributed by atoms with van der Waals surface area (Å²) in [6.07, 6.45) is 0. The van der Waals surface area contributed by atoms with Gasteiger partial charge in [0.25, 0.3) is 0 Å². The first-order valence-corrected chi connectivity index (χ1v) is 5.36. The SMILES string of the molecule is COCC(=O)N1CCN(CCCl)CC1.Cl. The lowest BCUT2D eigenvalue weighted by atomic mass is 10.3. The van der Waals surface area contributed by atoms with Gasteiger partial charge in [-0.15, -0.1) is 24.0 Å². The molecule has 1 saturated heterocycles. The number of halogens is 2. The zero-order chi connectivity index (χ0) is 10.4. The van der Waals surface area contributed by atoms with Crippen LogP contribution in [-0.4, -0.2) is 68.0 Å². The van der Waals surface area contributed by atoms with E-state index in [2.05, 4.69) is 4.90 Å². The van der Waals surface area contributed by atoms with Crippen LogP contribution in [0.3, 0.4) is 0 Å². The van der Waals surface area contributed by atoms with E-state index in [4.69, 9.17) is 16.3 Å². The number of hydrogen-bond donors (Lipinski definition) is 0. The zero-order valence-corrected chi connectivity index (χ0v) is 10.5. The number of alkyl halides is 1. The van der Waals surface area contributed by atoms with Gasteiger partial charge in [0.15, 0.2) is 0 Å². The Labute approximate surface area is 102 Å². The first kappa shape index (κ1) is 15.0.